The zero-order chi connectivity index (χ0) is 20.1. The highest BCUT2D eigenvalue weighted by molar-refractivity contribution is 9.10. The van der Waals surface area contributed by atoms with Crippen LogP contribution in [0.1, 0.15) is 22.3 Å². The van der Waals surface area contributed by atoms with Crippen molar-refractivity contribution in [3.63, 3.8) is 0 Å². The fourth-order valence-electron chi connectivity index (χ4n) is 2.84. The van der Waals surface area contributed by atoms with Gasteiger partial charge in [0, 0.05) is 16.1 Å². The number of rotatable bonds is 5. The highest BCUT2D eigenvalue weighted by Gasteiger charge is 2.29. The maximum Gasteiger partial charge on any atom is 0.268 e. The first-order chi connectivity index (χ1) is 13.3. The minimum Gasteiger partial charge on any atom is -0.347 e. The third-order valence-corrected chi connectivity index (χ3v) is 6.57. The van der Waals surface area contributed by atoms with Crippen molar-refractivity contribution in [2.24, 2.45) is 0 Å². The van der Waals surface area contributed by atoms with Gasteiger partial charge in [0.1, 0.15) is 5.70 Å². The molecule has 8 heteroatoms. The standard InChI is InChI=1S/C20H19BrN2O4S/c21-16-8-6-14(7-9-16)12-18(23-19(24)15-4-2-1-3-5-15)20(25)22-17-10-11-28(26,27)13-17/h1-9,12,17H,10-11,13H2,(H,22,25)(H,23,24)/b18-12+/t17-/m0/s1. The van der Waals surface area contributed by atoms with Gasteiger partial charge in [0.2, 0.25) is 0 Å². The zero-order valence-corrected chi connectivity index (χ0v) is 17.3. The molecule has 1 heterocycles. The van der Waals surface area contributed by atoms with Gasteiger partial charge < -0.3 is 10.6 Å². The van der Waals surface area contributed by atoms with Crippen LogP contribution in [-0.2, 0) is 14.6 Å². The minimum absolute atomic E-state index is 0.0556. The molecule has 0 spiro atoms. The fraction of sp³-hybridized carbons (Fsp3) is 0.200. The van der Waals surface area contributed by atoms with Crippen molar-refractivity contribution in [3.05, 3.63) is 75.9 Å². The van der Waals surface area contributed by atoms with E-state index in [1.807, 2.05) is 12.1 Å². The number of hydrogen-bond donors (Lipinski definition) is 2. The van der Waals surface area contributed by atoms with E-state index in [-0.39, 0.29) is 17.2 Å². The van der Waals surface area contributed by atoms with Crippen molar-refractivity contribution in [3.8, 4) is 0 Å². The Labute approximate surface area is 172 Å². The van der Waals surface area contributed by atoms with Crippen LogP contribution in [0.4, 0.5) is 0 Å². The molecule has 0 bridgehead atoms. The third-order valence-electron chi connectivity index (χ3n) is 4.28. The van der Waals surface area contributed by atoms with E-state index in [1.54, 1.807) is 48.5 Å². The lowest BCUT2D eigenvalue weighted by molar-refractivity contribution is -0.118. The lowest BCUT2D eigenvalue weighted by Gasteiger charge is -2.14. The minimum atomic E-state index is -3.12. The molecular weight excluding hydrogens is 444 g/mol. The van der Waals surface area contributed by atoms with Gasteiger partial charge in [0.25, 0.3) is 11.8 Å². The van der Waals surface area contributed by atoms with E-state index in [1.165, 1.54) is 0 Å². The maximum atomic E-state index is 12.8. The summed E-state index contributed by atoms with van der Waals surface area (Å²) in [6.45, 7) is 0. The molecule has 3 rings (SSSR count). The first-order valence-corrected chi connectivity index (χ1v) is 11.3. The Morgan fingerprint density at radius 2 is 1.71 bits per heavy atom. The average molecular weight is 463 g/mol. The van der Waals surface area contributed by atoms with Crippen molar-refractivity contribution in [2.45, 2.75) is 12.5 Å². The summed E-state index contributed by atoms with van der Waals surface area (Å²) in [4.78, 5) is 25.3. The van der Waals surface area contributed by atoms with Crippen LogP contribution in [0.15, 0.2) is 64.8 Å². The quantitative estimate of drug-likeness (QED) is 0.667. The Kier molecular flexibility index (Phi) is 6.31. The molecule has 2 aromatic carbocycles. The molecule has 0 aromatic heterocycles. The van der Waals surface area contributed by atoms with Crippen molar-refractivity contribution in [2.75, 3.05) is 11.5 Å². The Hall–Kier alpha value is -2.45. The van der Waals surface area contributed by atoms with Crippen LogP contribution in [0.25, 0.3) is 6.08 Å². The number of nitrogens with one attached hydrogen (secondary N) is 2. The molecule has 2 aromatic rings. The smallest absolute Gasteiger partial charge is 0.268 e. The van der Waals surface area contributed by atoms with Gasteiger partial charge in [-0.2, -0.15) is 0 Å². The molecule has 6 nitrogen and oxygen atoms in total. The van der Waals surface area contributed by atoms with E-state index < -0.39 is 27.7 Å². The Morgan fingerprint density at radius 3 is 2.32 bits per heavy atom. The van der Waals surface area contributed by atoms with Crippen molar-refractivity contribution >= 4 is 43.7 Å². The second kappa shape index (κ2) is 8.70. The van der Waals surface area contributed by atoms with Gasteiger partial charge in [-0.1, -0.05) is 46.3 Å². The lowest BCUT2D eigenvalue weighted by Crippen LogP contribution is -2.41. The van der Waals surface area contributed by atoms with Gasteiger partial charge in [-0.3, -0.25) is 9.59 Å². The van der Waals surface area contributed by atoms with Gasteiger partial charge in [-0.05, 0) is 42.3 Å². The van der Waals surface area contributed by atoms with Crippen molar-refractivity contribution < 1.29 is 18.0 Å². The third kappa shape index (κ3) is 5.53. The van der Waals surface area contributed by atoms with Gasteiger partial charge in [-0.15, -0.1) is 0 Å². The van der Waals surface area contributed by atoms with Crippen LogP contribution < -0.4 is 10.6 Å². The SMILES string of the molecule is O=C(N[C@H]1CCS(=O)(=O)C1)/C(=C\c1ccc(Br)cc1)NC(=O)c1ccccc1. The normalized spacial score (nSPS) is 18.5. The summed E-state index contributed by atoms with van der Waals surface area (Å²) < 4.78 is 24.2. The average Bonchev–Trinajstić information content (AvgIpc) is 3.01. The summed E-state index contributed by atoms with van der Waals surface area (Å²) in [5.74, 6) is -0.968. The van der Waals surface area contributed by atoms with E-state index in [2.05, 4.69) is 26.6 Å². The molecule has 0 saturated carbocycles. The van der Waals surface area contributed by atoms with E-state index >= 15 is 0 Å². The largest absolute Gasteiger partial charge is 0.347 e. The maximum absolute atomic E-state index is 12.8. The summed E-state index contributed by atoms with van der Waals surface area (Å²) >= 11 is 3.35. The Balaban J connectivity index is 1.82. The number of carbonyl (C=O) groups is 2. The zero-order valence-electron chi connectivity index (χ0n) is 14.9. The molecule has 2 amide bonds. The number of halogens is 1. The highest BCUT2D eigenvalue weighted by atomic mass is 79.9. The molecule has 146 valence electrons. The van der Waals surface area contributed by atoms with Crippen LogP contribution in [0.2, 0.25) is 0 Å². The molecule has 1 aliphatic heterocycles. The molecule has 1 aliphatic rings. The molecule has 0 unspecified atom stereocenters. The second-order valence-corrected chi connectivity index (χ2v) is 9.65. The number of carbonyl (C=O) groups excluding carboxylic acids is 2. The number of benzene rings is 2. The number of hydrogen-bond acceptors (Lipinski definition) is 4. The molecule has 1 atom stereocenters. The van der Waals surface area contributed by atoms with E-state index in [0.717, 1.165) is 10.0 Å². The Bertz CT molecular complexity index is 1000. The van der Waals surface area contributed by atoms with Crippen LogP contribution in [0.5, 0.6) is 0 Å². The predicted molar refractivity (Wildman–Crippen MR) is 111 cm³/mol. The summed E-state index contributed by atoms with van der Waals surface area (Å²) in [5.41, 5.74) is 1.20. The van der Waals surface area contributed by atoms with Crippen molar-refractivity contribution in [1.29, 1.82) is 0 Å². The second-order valence-electron chi connectivity index (χ2n) is 6.50. The molecular formula is C20H19BrN2O4S. The lowest BCUT2D eigenvalue weighted by atomic mass is 10.1. The van der Waals surface area contributed by atoms with E-state index in [0.29, 0.717) is 12.0 Å². The first kappa shape index (κ1) is 20.3. The summed E-state index contributed by atoms with van der Waals surface area (Å²) in [6, 6.07) is 15.3. The van der Waals surface area contributed by atoms with Crippen LogP contribution in [0, 0.1) is 0 Å². The fourth-order valence-corrected chi connectivity index (χ4v) is 4.78. The number of amides is 2. The topological polar surface area (TPSA) is 92.3 Å². The molecule has 0 radical (unpaired) electrons. The molecule has 1 fully saturated rings. The van der Waals surface area contributed by atoms with Gasteiger partial charge >= 0.3 is 0 Å². The van der Waals surface area contributed by atoms with Gasteiger partial charge in [0.15, 0.2) is 9.84 Å². The molecule has 2 N–H and O–H groups in total. The molecule has 1 saturated heterocycles. The first-order valence-electron chi connectivity index (χ1n) is 8.67. The van der Waals surface area contributed by atoms with E-state index in [4.69, 9.17) is 0 Å². The van der Waals surface area contributed by atoms with Crippen LogP contribution >= 0.6 is 15.9 Å². The summed E-state index contributed by atoms with van der Waals surface area (Å²) in [6.07, 6.45) is 1.93. The number of sulfone groups is 1. The predicted octanol–water partition coefficient (Wildman–Crippen LogP) is 2.52. The van der Waals surface area contributed by atoms with E-state index in [9.17, 15) is 18.0 Å². The molecule has 28 heavy (non-hydrogen) atoms. The highest BCUT2D eigenvalue weighted by Crippen LogP contribution is 2.15. The Morgan fingerprint density at radius 1 is 1.04 bits per heavy atom. The van der Waals surface area contributed by atoms with Crippen LogP contribution in [-0.4, -0.2) is 37.8 Å². The van der Waals surface area contributed by atoms with Crippen LogP contribution in [0.3, 0.4) is 0 Å². The van der Waals surface area contributed by atoms with Gasteiger partial charge in [0.05, 0.1) is 11.5 Å². The van der Waals surface area contributed by atoms with Crippen molar-refractivity contribution in [1.82, 2.24) is 10.6 Å². The summed E-state index contributed by atoms with van der Waals surface area (Å²) in [7, 11) is -3.12. The molecule has 0 aliphatic carbocycles. The monoisotopic (exact) mass is 462 g/mol. The van der Waals surface area contributed by atoms with Gasteiger partial charge in [-0.25, -0.2) is 8.42 Å². The summed E-state index contributed by atoms with van der Waals surface area (Å²) in [5, 5.41) is 5.35.